The average molecular weight is 295 g/mol. The van der Waals surface area contributed by atoms with E-state index in [-0.39, 0.29) is 4.75 Å². The minimum Gasteiger partial charge on any atom is -0.591 e. The molecular weight excluding hydrogens is 284 g/mol. The maximum atomic E-state index is 11.5. The molecule has 0 saturated heterocycles. The fourth-order valence-electron chi connectivity index (χ4n) is 0.581. The first kappa shape index (κ1) is 12.2. The number of thiazole rings is 1. The smallest absolute Gasteiger partial charge is 0.144 e. The average Bonchev–Trinajstić information content (AvgIpc) is 2.45. The van der Waals surface area contributed by atoms with Crippen LogP contribution in [0.15, 0.2) is 13.7 Å². The monoisotopic (exact) mass is 294 g/mol. The van der Waals surface area contributed by atoms with E-state index in [2.05, 4.69) is 25.3 Å². The van der Waals surface area contributed by atoms with Crippen molar-refractivity contribution in [3.8, 4) is 0 Å². The third-order valence-electron chi connectivity index (χ3n) is 1.34. The van der Waals surface area contributed by atoms with Crippen molar-refractivity contribution in [2.75, 3.05) is 0 Å². The van der Waals surface area contributed by atoms with Crippen molar-refractivity contribution in [2.45, 2.75) is 25.5 Å². The summed E-state index contributed by atoms with van der Waals surface area (Å²) in [4.78, 5) is 4.06. The van der Waals surface area contributed by atoms with Crippen molar-refractivity contribution in [1.29, 1.82) is 0 Å². The molecule has 78 valence electrons. The molecule has 6 heteroatoms. The molecular formula is C8H11BrN2OS2. The zero-order chi connectivity index (χ0) is 10.8. The largest absolute Gasteiger partial charge is 0.591 e. The van der Waals surface area contributed by atoms with Gasteiger partial charge in [-0.2, -0.15) is 0 Å². The highest BCUT2D eigenvalue weighted by Crippen LogP contribution is 2.20. The van der Waals surface area contributed by atoms with E-state index in [0.29, 0.717) is 0 Å². The predicted octanol–water partition coefficient (Wildman–Crippen LogP) is 2.79. The molecule has 0 radical (unpaired) electrons. The Morgan fingerprint density at radius 1 is 1.64 bits per heavy atom. The van der Waals surface area contributed by atoms with Crippen LogP contribution in [-0.2, 0) is 11.4 Å². The molecule has 14 heavy (non-hydrogen) atoms. The van der Waals surface area contributed by atoms with Crippen molar-refractivity contribution in [1.82, 2.24) is 4.98 Å². The van der Waals surface area contributed by atoms with Gasteiger partial charge >= 0.3 is 0 Å². The molecule has 0 amide bonds. The van der Waals surface area contributed by atoms with Crippen molar-refractivity contribution >= 4 is 44.8 Å². The lowest BCUT2D eigenvalue weighted by Crippen LogP contribution is -2.25. The SMILES string of the molecule is CC(C)(C)[S@+]([O-])/N=C/c1ncsc1Br. The van der Waals surface area contributed by atoms with Gasteiger partial charge in [-0.15, -0.1) is 11.3 Å². The Labute approximate surface area is 99.1 Å². The van der Waals surface area contributed by atoms with Crippen molar-refractivity contribution < 1.29 is 4.55 Å². The second kappa shape index (κ2) is 4.74. The zero-order valence-corrected chi connectivity index (χ0v) is 11.4. The molecule has 0 N–H and O–H groups in total. The van der Waals surface area contributed by atoms with Gasteiger partial charge in [0.05, 0.1) is 9.30 Å². The summed E-state index contributed by atoms with van der Waals surface area (Å²) in [5.41, 5.74) is 2.44. The van der Waals surface area contributed by atoms with Gasteiger partial charge in [-0.1, -0.05) is 4.40 Å². The number of hydrogen-bond acceptors (Lipinski definition) is 4. The topological polar surface area (TPSA) is 48.3 Å². The van der Waals surface area contributed by atoms with Gasteiger partial charge in [0.25, 0.3) is 0 Å². The predicted molar refractivity (Wildman–Crippen MR) is 65.3 cm³/mol. The Morgan fingerprint density at radius 2 is 2.29 bits per heavy atom. The lowest BCUT2D eigenvalue weighted by Gasteiger charge is -2.17. The molecule has 1 aromatic rings. The summed E-state index contributed by atoms with van der Waals surface area (Å²) in [5, 5.41) is 0. The lowest BCUT2D eigenvalue weighted by atomic mass is 10.3. The number of nitrogens with zero attached hydrogens (tertiary/aromatic N) is 2. The molecule has 1 heterocycles. The second-order valence-electron chi connectivity index (χ2n) is 3.61. The summed E-state index contributed by atoms with van der Waals surface area (Å²) in [5.74, 6) is 0. The van der Waals surface area contributed by atoms with Gasteiger partial charge in [0, 0.05) is 0 Å². The fraction of sp³-hybridized carbons (Fsp3) is 0.500. The molecule has 1 aromatic heterocycles. The van der Waals surface area contributed by atoms with Crippen LogP contribution in [0.1, 0.15) is 26.5 Å². The highest BCUT2D eigenvalue weighted by Gasteiger charge is 2.25. The van der Waals surface area contributed by atoms with Crippen molar-refractivity contribution in [3.63, 3.8) is 0 Å². The number of rotatable bonds is 2. The van der Waals surface area contributed by atoms with E-state index in [1.54, 1.807) is 11.7 Å². The van der Waals surface area contributed by atoms with E-state index in [0.717, 1.165) is 9.48 Å². The van der Waals surface area contributed by atoms with Gasteiger partial charge in [-0.25, -0.2) is 4.98 Å². The van der Waals surface area contributed by atoms with Crippen LogP contribution in [0.5, 0.6) is 0 Å². The Hall–Kier alpha value is 0.0900. The van der Waals surface area contributed by atoms with Crippen LogP contribution in [0.4, 0.5) is 0 Å². The molecule has 0 spiro atoms. The van der Waals surface area contributed by atoms with Gasteiger partial charge in [0.15, 0.2) is 0 Å². The molecule has 0 aliphatic heterocycles. The van der Waals surface area contributed by atoms with Gasteiger partial charge in [-0.3, -0.25) is 0 Å². The van der Waals surface area contributed by atoms with Crippen LogP contribution >= 0.6 is 27.3 Å². The molecule has 0 aliphatic rings. The van der Waals surface area contributed by atoms with Gasteiger partial charge in [-0.05, 0) is 36.7 Å². The molecule has 0 saturated carbocycles. The minimum atomic E-state index is -1.22. The number of aromatic nitrogens is 1. The fourth-order valence-corrected chi connectivity index (χ4v) is 2.03. The van der Waals surface area contributed by atoms with E-state index in [9.17, 15) is 4.55 Å². The van der Waals surface area contributed by atoms with Crippen LogP contribution in [-0.4, -0.2) is 20.5 Å². The van der Waals surface area contributed by atoms with E-state index in [4.69, 9.17) is 0 Å². The number of hydrogen-bond donors (Lipinski definition) is 0. The number of halogens is 1. The molecule has 0 aliphatic carbocycles. The highest BCUT2D eigenvalue weighted by atomic mass is 79.9. The Bertz CT molecular complexity index is 332. The maximum absolute atomic E-state index is 11.5. The summed E-state index contributed by atoms with van der Waals surface area (Å²) in [6.07, 6.45) is 1.54. The molecule has 0 unspecified atom stereocenters. The minimum absolute atomic E-state index is 0.320. The Balaban J connectivity index is 2.70. The quantitative estimate of drug-likeness (QED) is 0.622. The molecule has 0 bridgehead atoms. The normalized spacial score (nSPS) is 14.9. The lowest BCUT2D eigenvalue weighted by molar-refractivity contribution is 0.562. The Kier molecular flexibility index (Phi) is 4.12. The standard InChI is InChI=1S/C8H11BrN2OS2/c1-8(2,3)14(12)11-4-6-7(9)13-5-10-6/h4-5H,1-3H3/b11-4+/t14-/m0/s1. The van der Waals surface area contributed by atoms with E-state index < -0.39 is 11.4 Å². The first-order valence-corrected chi connectivity index (χ1v) is 6.74. The van der Waals surface area contributed by atoms with Gasteiger partial charge in [0.2, 0.25) is 0 Å². The van der Waals surface area contributed by atoms with Crippen LogP contribution in [0.3, 0.4) is 0 Å². The third kappa shape index (κ3) is 3.34. The Morgan fingerprint density at radius 3 is 2.71 bits per heavy atom. The van der Waals surface area contributed by atoms with E-state index >= 15 is 0 Å². The van der Waals surface area contributed by atoms with Crippen LogP contribution in [0, 0.1) is 0 Å². The van der Waals surface area contributed by atoms with E-state index in [1.165, 1.54) is 11.3 Å². The second-order valence-corrected chi connectivity index (χ2v) is 7.71. The molecule has 3 nitrogen and oxygen atoms in total. The zero-order valence-electron chi connectivity index (χ0n) is 8.15. The highest BCUT2D eigenvalue weighted by molar-refractivity contribution is 9.11. The van der Waals surface area contributed by atoms with Gasteiger partial charge < -0.3 is 4.55 Å². The molecule has 1 rings (SSSR count). The molecule has 0 fully saturated rings. The maximum Gasteiger partial charge on any atom is 0.144 e. The van der Waals surface area contributed by atoms with Crippen LogP contribution < -0.4 is 0 Å². The van der Waals surface area contributed by atoms with Crippen molar-refractivity contribution in [2.24, 2.45) is 4.40 Å². The summed E-state index contributed by atoms with van der Waals surface area (Å²) < 4.78 is 16.1. The third-order valence-corrected chi connectivity index (χ3v) is 4.28. The van der Waals surface area contributed by atoms with E-state index in [1.807, 2.05) is 20.8 Å². The van der Waals surface area contributed by atoms with Gasteiger partial charge in [0.1, 0.15) is 28.0 Å². The summed E-state index contributed by atoms with van der Waals surface area (Å²) in [6, 6.07) is 0. The van der Waals surface area contributed by atoms with Crippen LogP contribution in [0.25, 0.3) is 0 Å². The summed E-state index contributed by atoms with van der Waals surface area (Å²) in [6.45, 7) is 5.66. The molecule has 1 atom stereocenters. The summed E-state index contributed by atoms with van der Waals surface area (Å²) in [7, 11) is 0. The van der Waals surface area contributed by atoms with Crippen molar-refractivity contribution in [3.05, 3.63) is 15.0 Å². The first-order chi connectivity index (χ1) is 6.41. The van der Waals surface area contributed by atoms with Crippen LogP contribution in [0.2, 0.25) is 0 Å². The first-order valence-electron chi connectivity index (χ1n) is 3.96. The summed E-state index contributed by atoms with van der Waals surface area (Å²) >= 11 is 3.59. The molecule has 0 aromatic carbocycles.